The van der Waals surface area contributed by atoms with Crippen LogP contribution in [0.15, 0.2) is 58.7 Å². The zero-order valence-corrected chi connectivity index (χ0v) is 15.6. The van der Waals surface area contributed by atoms with Crippen molar-refractivity contribution in [2.75, 3.05) is 13.2 Å². The summed E-state index contributed by atoms with van der Waals surface area (Å²) in [5.74, 6) is -0.977. The number of nitrogens with zero attached hydrogens (tertiary/aromatic N) is 2. The second kappa shape index (κ2) is 11.1. The molecule has 0 aliphatic carbocycles. The maximum absolute atomic E-state index is 11.6. The van der Waals surface area contributed by atoms with Crippen LogP contribution < -0.4 is 10.9 Å². The monoisotopic (exact) mass is 406 g/mol. The minimum Gasteiger partial charge on any atom is -0.362 e. The van der Waals surface area contributed by atoms with E-state index in [0.717, 1.165) is 11.1 Å². The lowest BCUT2D eigenvalue weighted by atomic mass is 10.2. The standard InChI is InChI=1S/C18H16Cl2N4O3/c19-15-5-1-13(2-6-15)9-21-23-17(25)11-27-12-18(26)24-22-10-14-3-7-16(20)8-4-14/h1-10H,11-12H2,(H,23,25)(H,24,26). The van der Waals surface area contributed by atoms with Gasteiger partial charge in [-0.25, -0.2) is 10.9 Å². The molecule has 0 aromatic heterocycles. The third-order valence-corrected chi connectivity index (χ3v) is 3.52. The molecule has 0 spiro atoms. The van der Waals surface area contributed by atoms with Crippen LogP contribution in [0.1, 0.15) is 11.1 Å². The Morgan fingerprint density at radius 3 is 1.52 bits per heavy atom. The Labute approximate surface area is 166 Å². The third-order valence-electron chi connectivity index (χ3n) is 3.01. The normalized spacial score (nSPS) is 11.0. The van der Waals surface area contributed by atoms with Crippen LogP contribution in [0.4, 0.5) is 0 Å². The summed E-state index contributed by atoms with van der Waals surface area (Å²) in [7, 11) is 0. The number of rotatable bonds is 8. The largest absolute Gasteiger partial charge is 0.362 e. The average molecular weight is 407 g/mol. The molecule has 0 atom stereocenters. The fourth-order valence-electron chi connectivity index (χ4n) is 1.76. The minimum absolute atomic E-state index is 0.313. The Balaban J connectivity index is 1.61. The first-order valence-corrected chi connectivity index (χ1v) is 8.51. The lowest BCUT2D eigenvalue weighted by Crippen LogP contribution is -2.28. The zero-order chi connectivity index (χ0) is 19.5. The molecule has 0 bridgehead atoms. The van der Waals surface area contributed by atoms with E-state index in [1.165, 1.54) is 12.4 Å². The van der Waals surface area contributed by atoms with Crippen LogP contribution in [0.25, 0.3) is 0 Å². The smallest absolute Gasteiger partial charge is 0.266 e. The van der Waals surface area contributed by atoms with E-state index >= 15 is 0 Å². The van der Waals surface area contributed by atoms with Gasteiger partial charge in [-0.2, -0.15) is 10.2 Å². The quantitative estimate of drug-likeness (QED) is 0.521. The molecule has 0 saturated heterocycles. The fraction of sp³-hybridized carbons (Fsp3) is 0.111. The number of carbonyl (C=O) groups is 2. The van der Waals surface area contributed by atoms with Crippen LogP contribution in [0, 0.1) is 0 Å². The summed E-state index contributed by atoms with van der Waals surface area (Å²) in [6, 6.07) is 13.9. The maximum Gasteiger partial charge on any atom is 0.266 e. The lowest BCUT2D eigenvalue weighted by Gasteiger charge is -2.02. The first-order chi connectivity index (χ1) is 13.0. The van der Waals surface area contributed by atoms with Crippen molar-refractivity contribution in [3.8, 4) is 0 Å². The Bertz CT molecular complexity index is 752. The first-order valence-electron chi connectivity index (χ1n) is 7.75. The molecule has 0 heterocycles. The van der Waals surface area contributed by atoms with Gasteiger partial charge in [0, 0.05) is 10.0 Å². The highest BCUT2D eigenvalue weighted by Crippen LogP contribution is 2.08. The Morgan fingerprint density at radius 1 is 0.778 bits per heavy atom. The van der Waals surface area contributed by atoms with Crippen LogP contribution in [-0.4, -0.2) is 37.5 Å². The predicted molar refractivity (Wildman–Crippen MR) is 105 cm³/mol. The molecule has 140 valence electrons. The number of ether oxygens (including phenoxy) is 1. The van der Waals surface area contributed by atoms with E-state index in [0.29, 0.717) is 10.0 Å². The van der Waals surface area contributed by atoms with Gasteiger partial charge in [0.2, 0.25) is 0 Å². The molecule has 2 aromatic carbocycles. The van der Waals surface area contributed by atoms with Crippen molar-refractivity contribution in [2.45, 2.75) is 0 Å². The van der Waals surface area contributed by atoms with E-state index in [-0.39, 0.29) is 13.2 Å². The van der Waals surface area contributed by atoms with Gasteiger partial charge in [0.05, 0.1) is 12.4 Å². The number of carbonyl (C=O) groups excluding carboxylic acids is 2. The molecule has 9 heteroatoms. The van der Waals surface area contributed by atoms with Crippen LogP contribution in [0.3, 0.4) is 0 Å². The van der Waals surface area contributed by atoms with Gasteiger partial charge in [0.1, 0.15) is 13.2 Å². The zero-order valence-electron chi connectivity index (χ0n) is 14.1. The van der Waals surface area contributed by atoms with Gasteiger partial charge >= 0.3 is 0 Å². The molecule has 7 nitrogen and oxygen atoms in total. The van der Waals surface area contributed by atoms with Crippen LogP contribution in [0.5, 0.6) is 0 Å². The van der Waals surface area contributed by atoms with Gasteiger partial charge in [-0.3, -0.25) is 9.59 Å². The molecule has 0 radical (unpaired) electrons. The Kier molecular flexibility index (Phi) is 8.44. The van der Waals surface area contributed by atoms with Gasteiger partial charge < -0.3 is 4.74 Å². The summed E-state index contributed by atoms with van der Waals surface area (Å²) < 4.78 is 4.99. The van der Waals surface area contributed by atoms with Crippen molar-refractivity contribution < 1.29 is 14.3 Å². The molecule has 27 heavy (non-hydrogen) atoms. The predicted octanol–water partition coefficient (Wildman–Crippen LogP) is 2.61. The second-order valence-corrected chi connectivity index (χ2v) is 6.06. The van der Waals surface area contributed by atoms with Gasteiger partial charge in [0.25, 0.3) is 11.8 Å². The van der Waals surface area contributed by atoms with Crippen molar-refractivity contribution in [1.29, 1.82) is 0 Å². The number of hydrazone groups is 2. The SMILES string of the molecule is O=C(COCC(=O)NN=Cc1ccc(Cl)cc1)NN=Cc1ccc(Cl)cc1. The first kappa shape index (κ1) is 20.6. The van der Waals surface area contributed by atoms with Crippen molar-refractivity contribution in [3.63, 3.8) is 0 Å². The second-order valence-electron chi connectivity index (χ2n) is 5.18. The van der Waals surface area contributed by atoms with Gasteiger partial charge in [-0.15, -0.1) is 0 Å². The molecule has 2 N–H and O–H groups in total. The van der Waals surface area contributed by atoms with E-state index in [1.54, 1.807) is 48.5 Å². The van der Waals surface area contributed by atoms with Gasteiger partial charge in [-0.1, -0.05) is 47.5 Å². The van der Waals surface area contributed by atoms with E-state index in [1.807, 2.05) is 0 Å². The molecule has 2 rings (SSSR count). The average Bonchev–Trinajstić information content (AvgIpc) is 2.65. The van der Waals surface area contributed by atoms with E-state index in [9.17, 15) is 9.59 Å². The topological polar surface area (TPSA) is 92.2 Å². The highest BCUT2D eigenvalue weighted by Gasteiger charge is 2.03. The van der Waals surface area contributed by atoms with Gasteiger partial charge in [0.15, 0.2) is 0 Å². The number of nitrogens with one attached hydrogen (secondary N) is 2. The fourth-order valence-corrected chi connectivity index (χ4v) is 2.01. The van der Waals surface area contributed by atoms with Crippen molar-refractivity contribution in [3.05, 3.63) is 69.7 Å². The number of halogens is 2. The number of amides is 2. The van der Waals surface area contributed by atoms with E-state index in [2.05, 4.69) is 21.1 Å². The summed E-state index contributed by atoms with van der Waals surface area (Å²) in [6.45, 7) is -0.626. The summed E-state index contributed by atoms with van der Waals surface area (Å²) in [4.78, 5) is 23.1. The Hall–Kier alpha value is -2.74. The summed E-state index contributed by atoms with van der Waals surface area (Å²) in [6.07, 6.45) is 2.93. The third kappa shape index (κ3) is 8.46. The van der Waals surface area contributed by atoms with Crippen LogP contribution >= 0.6 is 23.2 Å². The highest BCUT2D eigenvalue weighted by atomic mass is 35.5. The summed E-state index contributed by atoms with van der Waals surface area (Å²) in [5, 5.41) is 8.78. The number of benzene rings is 2. The van der Waals surface area contributed by atoms with Gasteiger partial charge in [-0.05, 0) is 35.4 Å². The molecular weight excluding hydrogens is 391 g/mol. The van der Waals surface area contributed by atoms with Crippen LogP contribution in [-0.2, 0) is 14.3 Å². The Morgan fingerprint density at radius 2 is 1.15 bits per heavy atom. The molecule has 0 fully saturated rings. The molecular formula is C18H16Cl2N4O3. The van der Waals surface area contributed by atoms with Crippen LogP contribution in [0.2, 0.25) is 10.0 Å². The van der Waals surface area contributed by atoms with Crippen molar-refractivity contribution >= 4 is 47.4 Å². The van der Waals surface area contributed by atoms with E-state index < -0.39 is 11.8 Å². The van der Waals surface area contributed by atoms with Crippen molar-refractivity contribution in [2.24, 2.45) is 10.2 Å². The molecule has 0 aliphatic heterocycles. The minimum atomic E-state index is -0.488. The maximum atomic E-state index is 11.6. The van der Waals surface area contributed by atoms with Crippen molar-refractivity contribution in [1.82, 2.24) is 10.9 Å². The summed E-state index contributed by atoms with van der Waals surface area (Å²) in [5.41, 5.74) is 6.13. The van der Waals surface area contributed by atoms with E-state index in [4.69, 9.17) is 27.9 Å². The summed E-state index contributed by atoms with van der Waals surface area (Å²) >= 11 is 11.5. The molecule has 0 saturated carbocycles. The highest BCUT2D eigenvalue weighted by molar-refractivity contribution is 6.30. The molecule has 0 unspecified atom stereocenters. The molecule has 0 aliphatic rings. The number of hydrogen-bond acceptors (Lipinski definition) is 5. The number of hydrogen-bond donors (Lipinski definition) is 2. The lowest BCUT2D eigenvalue weighted by molar-refractivity contribution is -0.130. The molecule has 2 aromatic rings. The molecule has 2 amide bonds.